The summed E-state index contributed by atoms with van der Waals surface area (Å²) in [6.45, 7) is 0.952. The first-order valence-electron chi connectivity index (χ1n) is 10.7. The lowest BCUT2D eigenvalue weighted by molar-refractivity contribution is -0.139. The highest BCUT2D eigenvalue weighted by Gasteiger charge is 2.32. The van der Waals surface area contributed by atoms with E-state index < -0.39 is 40.2 Å². The minimum atomic E-state index is -4.13. The summed E-state index contributed by atoms with van der Waals surface area (Å²) in [5.74, 6) is -1.47. The summed E-state index contributed by atoms with van der Waals surface area (Å²) in [5.41, 5.74) is 0.820. The van der Waals surface area contributed by atoms with Gasteiger partial charge < -0.3 is 10.2 Å². The second-order valence-corrected chi connectivity index (χ2v) is 10.0. The highest BCUT2D eigenvalue weighted by atomic mass is 35.5. The molecule has 0 aromatic heterocycles. The molecule has 0 radical (unpaired) electrons. The zero-order valence-electron chi connectivity index (χ0n) is 19.2. The molecule has 10 heteroatoms. The molecular weight excluding hydrogens is 493 g/mol. The summed E-state index contributed by atoms with van der Waals surface area (Å²) in [7, 11) is -2.69. The van der Waals surface area contributed by atoms with Crippen LogP contribution in [0.2, 0.25) is 5.02 Å². The van der Waals surface area contributed by atoms with Crippen LogP contribution < -0.4 is 9.62 Å². The van der Waals surface area contributed by atoms with Crippen LogP contribution in [-0.2, 0) is 26.2 Å². The van der Waals surface area contributed by atoms with E-state index in [2.05, 4.69) is 5.32 Å². The lowest BCUT2D eigenvalue weighted by Gasteiger charge is -2.31. The zero-order chi connectivity index (χ0) is 25.6. The molecule has 0 bridgehead atoms. The predicted octanol–water partition coefficient (Wildman–Crippen LogP) is 3.84. The number of carbonyl (C=O) groups is 2. The Hall–Kier alpha value is -3.43. The minimum Gasteiger partial charge on any atom is -0.357 e. The largest absolute Gasteiger partial charge is 0.357 e. The van der Waals surface area contributed by atoms with Crippen molar-refractivity contribution in [1.82, 2.24) is 10.2 Å². The molecule has 1 N–H and O–H groups in total. The predicted molar refractivity (Wildman–Crippen MR) is 133 cm³/mol. The molecule has 3 rings (SSSR count). The van der Waals surface area contributed by atoms with Gasteiger partial charge >= 0.3 is 0 Å². The van der Waals surface area contributed by atoms with Crippen LogP contribution in [-0.4, -0.2) is 44.8 Å². The van der Waals surface area contributed by atoms with Gasteiger partial charge in [0.05, 0.1) is 10.6 Å². The number of anilines is 1. The van der Waals surface area contributed by atoms with Crippen molar-refractivity contribution in [1.29, 1.82) is 0 Å². The SMILES string of the molecule is CNC(=O)[C@H](C)N(Cc1ccc(F)cc1)C(=O)CN(c1ccc(Cl)cc1)S(=O)(=O)c1ccccc1. The Morgan fingerprint density at radius 1 is 0.971 bits per heavy atom. The molecule has 0 aliphatic heterocycles. The molecule has 3 aromatic carbocycles. The third kappa shape index (κ3) is 6.37. The van der Waals surface area contributed by atoms with Gasteiger partial charge in [-0.25, -0.2) is 12.8 Å². The van der Waals surface area contributed by atoms with Gasteiger partial charge in [-0.05, 0) is 61.0 Å². The number of likely N-dealkylation sites (N-methyl/N-ethyl adjacent to an activating group) is 1. The molecule has 2 amide bonds. The van der Waals surface area contributed by atoms with Crippen LogP contribution in [0.15, 0.2) is 83.8 Å². The van der Waals surface area contributed by atoms with Gasteiger partial charge in [0.15, 0.2) is 0 Å². The van der Waals surface area contributed by atoms with E-state index in [9.17, 15) is 22.4 Å². The van der Waals surface area contributed by atoms with Gasteiger partial charge in [-0.1, -0.05) is 41.9 Å². The van der Waals surface area contributed by atoms with Crippen molar-refractivity contribution in [2.75, 3.05) is 17.9 Å². The molecular formula is C25H25ClFN3O4S. The average Bonchev–Trinajstić information content (AvgIpc) is 2.87. The summed E-state index contributed by atoms with van der Waals surface area (Å²) in [5, 5.41) is 2.91. The smallest absolute Gasteiger partial charge is 0.264 e. The van der Waals surface area contributed by atoms with E-state index in [1.165, 1.54) is 72.6 Å². The number of nitrogens with one attached hydrogen (secondary N) is 1. The van der Waals surface area contributed by atoms with Gasteiger partial charge in [-0.15, -0.1) is 0 Å². The van der Waals surface area contributed by atoms with E-state index in [1.54, 1.807) is 25.1 Å². The molecule has 0 aliphatic carbocycles. The summed E-state index contributed by atoms with van der Waals surface area (Å²) >= 11 is 5.98. The summed E-state index contributed by atoms with van der Waals surface area (Å²) in [6, 6.07) is 18.4. The van der Waals surface area contributed by atoms with Crippen molar-refractivity contribution < 1.29 is 22.4 Å². The van der Waals surface area contributed by atoms with Gasteiger partial charge in [-0.3, -0.25) is 13.9 Å². The third-order valence-corrected chi connectivity index (χ3v) is 7.44. The topological polar surface area (TPSA) is 86.8 Å². The lowest BCUT2D eigenvalue weighted by atomic mass is 10.1. The van der Waals surface area contributed by atoms with Crippen molar-refractivity contribution in [3.63, 3.8) is 0 Å². The molecule has 0 spiro atoms. The maximum absolute atomic E-state index is 13.5. The molecule has 0 aliphatic rings. The monoisotopic (exact) mass is 517 g/mol. The second-order valence-electron chi connectivity index (χ2n) is 7.74. The summed E-state index contributed by atoms with van der Waals surface area (Å²) < 4.78 is 41.4. The van der Waals surface area contributed by atoms with E-state index in [0.29, 0.717) is 10.6 Å². The molecule has 3 aromatic rings. The maximum Gasteiger partial charge on any atom is 0.264 e. The first kappa shape index (κ1) is 26.2. The average molecular weight is 518 g/mol. The van der Waals surface area contributed by atoms with Gasteiger partial charge in [0.25, 0.3) is 10.0 Å². The fourth-order valence-electron chi connectivity index (χ4n) is 3.43. The highest BCUT2D eigenvalue weighted by Crippen LogP contribution is 2.26. The number of benzene rings is 3. The molecule has 1 atom stereocenters. The fraction of sp³-hybridized carbons (Fsp3) is 0.200. The number of sulfonamides is 1. The minimum absolute atomic E-state index is 0.00665. The Morgan fingerprint density at radius 3 is 2.14 bits per heavy atom. The molecule has 0 heterocycles. The number of hydrogen-bond donors (Lipinski definition) is 1. The van der Waals surface area contributed by atoms with Gasteiger partial charge in [0, 0.05) is 18.6 Å². The van der Waals surface area contributed by atoms with Crippen LogP contribution in [0.5, 0.6) is 0 Å². The van der Waals surface area contributed by atoms with Gasteiger partial charge in [0.2, 0.25) is 11.8 Å². The lowest BCUT2D eigenvalue weighted by Crippen LogP contribution is -2.50. The molecule has 0 saturated heterocycles. The third-order valence-electron chi connectivity index (χ3n) is 5.40. The number of amides is 2. The van der Waals surface area contributed by atoms with E-state index in [1.807, 2.05) is 0 Å². The summed E-state index contributed by atoms with van der Waals surface area (Å²) in [4.78, 5) is 27.2. The standard InChI is InChI=1S/C25H25ClFN3O4S/c1-18(25(32)28-2)29(16-19-8-12-21(27)13-9-19)24(31)17-30(22-14-10-20(26)11-15-22)35(33,34)23-6-4-3-5-7-23/h3-15,18H,16-17H2,1-2H3,(H,28,32)/t18-/m0/s1. The van der Waals surface area contributed by atoms with Crippen LogP contribution in [0.3, 0.4) is 0 Å². The van der Waals surface area contributed by atoms with Crippen molar-refractivity contribution in [3.8, 4) is 0 Å². The maximum atomic E-state index is 13.5. The fourth-order valence-corrected chi connectivity index (χ4v) is 5.00. The van der Waals surface area contributed by atoms with Gasteiger partial charge in [-0.2, -0.15) is 0 Å². The number of rotatable bonds is 9. The molecule has 0 fully saturated rings. The van der Waals surface area contributed by atoms with Crippen LogP contribution >= 0.6 is 11.6 Å². The Labute approximate surface area is 209 Å². The number of halogens is 2. The van der Waals surface area contributed by atoms with E-state index in [-0.39, 0.29) is 17.1 Å². The van der Waals surface area contributed by atoms with Crippen LogP contribution in [0.25, 0.3) is 0 Å². The molecule has 0 saturated carbocycles. The van der Waals surface area contributed by atoms with Crippen molar-refractivity contribution >= 4 is 39.1 Å². The van der Waals surface area contributed by atoms with Crippen molar-refractivity contribution in [3.05, 3.63) is 95.3 Å². The number of nitrogens with zero attached hydrogens (tertiary/aromatic N) is 2. The Morgan fingerprint density at radius 2 is 1.57 bits per heavy atom. The molecule has 7 nitrogen and oxygen atoms in total. The van der Waals surface area contributed by atoms with Crippen molar-refractivity contribution in [2.24, 2.45) is 0 Å². The van der Waals surface area contributed by atoms with Crippen LogP contribution in [0.4, 0.5) is 10.1 Å². The quantitative estimate of drug-likeness (QED) is 0.467. The second kappa shape index (κ2) is 11.3. The van der Waals surface area contributed by atoms with Gasteiger partial charge in [0.1, 0.15) is 18.4 Å². The Balaban J connectivity index is 2.00. The number of hydrogen-bond acceptors (Lipinski definition) is 4. The molecule has 0 unspecified atom stereocenters. The Kier molecular flexibility index (Phi) is 8.48. The molecule has 184 valence electrons. The van der Waals surface area contributed by atoms with Crippen molar-refractivity contribution in [2.45, 2.75) is 24.4 Å². The normalized spacial score (nSPS) is 12.0. The number of carbonyl (C=O) groups excluding carboxylic acids is 2. The molecule has 35 heavy (non-hydrogen) atoms. The first-order chi connectivity index (χ1) is 16.6. The zero-order valence-corrected chi connectivity index (χ0v) is 20.8. The van der Waals surface area contributed by atoms with E-state index >= 15 is 0 Å². The van der Waals surface area contributed by atoms with Crippen LogP contribution in [0, 0.1) is 5.82 Å². The first-order valence-corrected chi connectivity index (χ1v) is 12.5. The van der Waals surface area contributed by atoms with E-state index in [4.69, 9.17) is 11.6 Å². The Bertz CT molecular complexity index is 1270. The van der Waals surface area contributed by atoms with E-state index in [0.717, 1.165) is 4.31 Å². The highest BCUT2D eigenvalue weighted by molar-refractivity contribution is 7.92. The summed E-state index contributed by atoms with van der Waals surface area (Å²) in [6.07, 6.45) is 0. The van der Waals surface area contributed by atoms with Crippen LogP contribution in [0.1, 0.15) is 12.5 Å².